The third-order valence-electron chi connectivity index (χ3n) is 5.11. The molecule has 26 heavy (non-hydrogen) atoms. The molecule has 0 spiro atoms. The summed E-state index contributed by atoms with van der Waals surface area (Å²) in [5.41, 5.74) is 15.4. The first-order valence-corrected chi connectivity index (χ1v) is 8.93. The van der Waals surface area contributed by atoms with E-state index < -0.39 is 0 Å². The lowest BCUT2D eigenvalue weighted by Crippen LogP contribution is -2.36. The van der Waals surface area contributed by atoms with Crippen LogP contribution in [0.4, 0.5) is 17.5 Å². The Morgan fingerprint density at radius 3 is 2.38 bits per heavy atom. The fourth-order valence-corrected chi connectivity index (χ4v) is 3.38. The number of aromatic nitrogens is 2. The molecule has 1 aliphatic carbocycles. The summed E-state index contributed by atoms with van der Waals surface area (Å²) in [5, 5.41) is 0. The zero-order chi connectivity index (χ0) is 18.1. The molecular weight excluding hydrogens is 326 g/mol. The number of anilines is 3. The van der Waals surface area contributed by atoms with Gasteiger partial charge in [0.05, 0.1) is 29.9 Å². The molecule has 2 aromatic rings. The predicted octanol–water partition coefficient (Wildman–Crippen LogP) is 1.87. The number of morpholine rings is 1. The molecule has 4 N–H and O–H groups in total. The van der Waals surface area contributed by atoms with Crippen LogP contribution in [-0.2, 0) is 10.2 Å². The Balaban J connectivity index is 1.57. The number of benzene rings is 1. The fraction of sp³-hybridized carbons (Fsp3) is 0.400. The van der Waals surface area contributed by atoms with Crippen molar-refractivity contribution in [3.63, 3.8) is 0 Å². The fourth-order valence-electron chi connectivity index (χ4n) is 3.38. The molecular formula is C20H23N5O. The quantitative estimate of drug-likeness (QED) is 0.805. The van der Waals surface area contributed by atoms with Gasteiger partial charge in [-0.25, -0.2) is 4.98 Å². The maximum atomic E-state index is 5.96. The van der Waals surface area contributed by atoms with Gasteiger partial charge in [0.2, 0.25) is 5.95 Å². The van der Waals surface area contributed by atoms with Gasteiger partial charge in [0.1, 0.15) is 5.82 Å². The largest absolute Gasteiger partial charge is 0.382 e. The van der Waals surface area contributed by atoms with Gasteiger partial charge < -0.3 is 21.1 Å². The van der Waals surface area contributed by atoms with E-state index in [9.17, 15) is 0 Å². The average molecular weight is 349 g/mol. The summed E-state index contributed by atoms with van der Waals surface area (Å²) >= 11 is 0. The van der Waals surface area contributed by atoms with E-state index in [1.54, 1.807) is 0 Å². The number of hydrogen-bond donors (Lipinski definition) is 2. The second kappa shape index (κ2) is 6.50. The van der Waals surface area contributed by atoms with E-state index in [-0.39, 0.29) is 11.4 Å². The molecule has 1 saturated carbocycles. The molecule has 6 heteroatoms. The lowest BCUT2D eigenvalue weighted by atomic mass is 9.95. The molecule has 134 valence electrons. The molecule has 1 saturated heterocycles. The third-order valence-corrected chi connectivity index (χ3v) is 5.11. The molecule has 2 aliphatic rings. The summed E-state index contributed by atoms with van der Waals surface area (Å²) in [4.78, 5) is 10.5. The van der Waals surface area contributed by atoms with E-state index in [1.165, 1.54) is 11.3 Å². The summed E-state index contributed by atoms with van der Waals surface area (Å²) in [5.74, 6) is 7.16. The van der Waals surface area contributed by atoms with Gasteiger partial charge in [0.25, 0.3) is 0 Å². The van der Waals surface area contributed by atoms with E-state index in [1.807, 2.05) is 6.92 Å². The highest BCUT2D eigenvalue weighted by Crippen LogP contribution is 2.48. The van der Waals surface area contributed by atoms with Crippen molar-refractivity contribution in [2.45, 2.75) is 25.2 Å². The number of rotatable bonds is 2. The Morgan fingerprint density at radius 1 is 1.08 bits per heavy atom. The van der Waals surface area contributed by atoms with Gasteiger partial charge in [-0.1, -0.05) is 24.0 Å². The van der Waals surface area contributed by atoms with Crippen LogP contribution < -0.4 is 16.4 Å². The topological polar surface area (TPSA) is 90.3 Å². The number of nitrogen functional groups attached to an aromatic ring is 2. The monoisotopic (exact) mass is 349 g/mol. The van der Waals surface area contributed by atoms with Gasteiger partial charge in [-0.3, -0.25) is 0 Å². The first-order chi connectivity index (χ1) is 12.6. The highest BCUT2D eigenvalue weighted by atomic mass is 16.5. The molecule has 0 radical (unpaired) electrons. The summed E-state index contributed by atoms with van der Waals surface area (Å²) < 4.78 is 5.42. The van der Waals surface area contributed by atoms with Crippen LogP contribution in [0, 0.1) is 18.8 Å². The summed E-state index contributed by atoms with van der Waals surface area (Å²) in [6.07, 6.45) is 2.12. The lowest BCUT2D eigenvalue weighted by Gasteiger charge is -2.29. The number of nitrogens with two attached hydrogens (primary N) is 2. The van der Waals surface area contributed by atoms with Gasteiger partial charge in [-0.2, -0.15) is 4.98 Å². The van der Waals surface area contributed by atoms with Crippen LogP contribution in [0.15, 0.2) is 24.3 Å². The number of ether oxygens (including phenoxy) is 1. The van der Waals surface area contributed by atoms with Crippen molar-refractivity contribution in [2.75, 3.05) is 42.7 Å². The average Bonchev–Trinajstić information content (AvgIpc) is 3.43. The summed E-state index contributed by atoms with van der Waals surface area (Å²) in [6, 6.07) is 8.77. The van der Waals surface area contributed by atoms with E-state index in [4.69, 9.17) is 16.2 Å². The molecule has 0 atom stereocenters. The maximum Gasteiger partial charge on any atom is 0.222 e. The summed E-state index contributed by atoms with van der Waals surface area (Å²) in [6.45, 7) is 5.33. The SMILES string of the molecule is Cc1nc(N)nc(N)c1C#CC1(c2ccc(N3CCOCC3)cc2)CC1. The Labute approximate surface area is 153 Å². The predicted molar refractivity (Wildman–Crippen MR) is 103 cm³/mol. The van der Waals surface area contributed by atoms with Crippen LogP contribution in [0.1, 0.15) is 29.7 Å². The summed E-state index contributed by atoms with van der Waals surface area (Å²) in [7, 11) is 0. The lowest BCUT2D eigenvalue weighted by molar-refractivity contribution is 0.122. The van der Waals surface area contributed by atoms with E-state index >= 15 is 0 Å². The Bertz CT molecular complexity index is 848. The van der Waals surface area contributed by atoms with Gasteiger partial charge in [-0.05, 0) is 37.5 Å². The van der Waals surface area contributed by atoms with Crippen LogP contribution in [0.2, 0.25) is 0 Å². The Hall–Kier alpha value is -2.78. The van der Waals surface area contributed by atoms with Crippen LogP contribution in [-0.4, -0.2) is 36.3 Å². The van der Waals surface area contributed by atoms with E-state index in [0.29, 0.717) is 11.4 Å². The zero-order valence-electron chi connectivity index (χ0n) is 15.0. The van der Waals surface area contributed by atoms with Gasteiger partial charge in [-0.15, -0.1) is 0 Å². The third kappa shape index (κ3) is 3.18. The Kier molecular flexibility index (Phi) is 4.17. The maximum absolute atomic E-state index is 5.96. The van der Waals surface area contributed by atoms with Gasteiger partial charge in [0, 0.05) is 18.8 Å². The molecule has 0 unspecified atom stereocenters. The molecule has 1 aliphatic heterocycles. The highest BCUT2D eigenvalue weighted by molar-refractivity contribution is 5.58. The molecule has 6 nitrogen and oxygen atoms in total. The first kappa shape index (κ1) is 16.7. The van der Waals surface area contributed by atoms with Crippen molar-refractivity contribution in [1.82, 2.24) is 9.97 Å². The van der Waals surface area contributed by atoms with Crippen molar-refractivity contribution in [3.8, 4) is 11.8 Å². The highest BCUT2D eigenvalue weighted by Gasteiger charge is 2.42. The van der Waals surface area contributed by atoms with Crippen molar-refractivity contribution in [3.05, 3.63) is 41.1 Å². The second-order valence-electron chi connectivity index (χ2n) is 6.91. The minimum absolute atomic E-state index is 0.0796. The van der Waals surface area contributed by atoms with Crippen LogP contribution in [0.5, 0.6) is 0 Å². The molecule has 2 heterocycles. The zero-order valence-corrected chi connectivity index (χ0v) is 15.0. The van der Waals surface area contributed by atoms with E-state index in [0.717, 1.165) is 44.8 Å². The minimum Gasteiger partial charge on any atom is -0.382 e. The minimum atomic E-state index is -0.0796. The van der Waals surface area contributed by atoms with Crippen molar-refractivity contribution < 1.29 is 4.74 Å². The smallest absolute Gasteiger partial charge is 0.222 e. The molecule has 2 fully saturated rings. The molecule has 0 amide bonds. The number of nitrogens with zero attached hydrogens (tertiary/aromatic N) is 3. The standard InChI is InChI=1S/C20H23N5O/c1-14-17(18(21)24-19(22)23-14)6-7-20(8-9-20)15-2-4-16(5-3-15)25-10-12-26-13-11-25/h2-5H,8-13H2,1H3,(H4,21,22,23,24). The van der Waals surface area contributed by atoms with Crippen molar-refractivity contribution in [2.24, 2.45) is 0 Å². The molecule has 1 aromatic heterocycles. The first-order valence-electron chi connectivity index (χ1n) is 8.93. The van der Waals surface area contributed by atoms with Crippen molar-refractivity contribution in [1.29, 1.82) is 0 Å². The number of aryl methyl sites for hydroxylation is 1. The molecule has 1 aromatic carbocycles. The molecule has 0 bridgehead atoms. The van der Waals surface area contributed by atoms with Crippen LogP contribution in [0.3, 0.4) is 0 Å². The molecule has 4 rings (SSSR count). The number of hydrogen-bond acceptors (Lipinski definition) is 6. The van der Waals surface area contributed by atoms with Crippen LogP contribution in [0.25, 0.3) is 0 Å². The second-order valence-corrected chi connectivity index (χ2v) is 6.91. The van der Waals surface area contributed by atoms with Gasteiger partial charge >= 0.3 is 0 Å². The van der Waals surface area contributed by atoms with Crippen molar-refractivity contribution >= 4 is 17.5 Å². The van der Waals surface area contributed by atoms with E-state index in [2.05, 4.69) is 51.0 Å². The Morgan fingerprint density at radius 2 is 1.77 bits per heavy atom. The van der Waals surface area contributed by atoms with Gasteiger partial charge in [0.15, 0.2) is 0 Å². The van der Waals surface area contributed by atoms with Crippen LogP contribution >= 0.6 is 0 Å². The normalized spacial score (nSPS) is 18.1.